The number of fused-ring (bicyclic) bond motifs is 3. The highest BCUT2D eigenvalue weighted by atomic mass is 32.1. The number of aromatic nitrogens is 1. The highest BCUT2D eigenvalue weighted by molar-refractivity contribution is 7.21. The third-order valence-corrected chi connectivity index (χ3v) is 5.41. The van der Waals surface area contributed by atoms with Gasteiger partial charge in [0.2, 0.25) is 0 Å². The molecule has 3 rings (SSSR count). The molecule has 3 aromatic rings. The second-order valence-corrected chi connectivity index (χ2v) is 6.83. The van der Waals surface area contributed by atoms with E-state index in [1.165, 1.54) is 11.3 Å². The van der Waals surface area contributed by atoms with Crippen LogP contribution in [0, 0.1) is 20.8 Å². The number of hydrogen-bond donors (Lipinski definition) is 0. The van der Waals surface area contributed by atoms with E-state index in [-0.39, 0.29) is 11.8 Å². The quantitative estimate of drug-likeness (QED) is 0.526. The van der Waals surface area contributed by atoms with Gasteiger partial charge in [-0.2, -0.15) is 0 Å². The summed E-state index contributed by atoms with van der Waals surface area (Å²) in [7, 11) is 0. The molecule has 0 N–H and O–H groups in total. The van der Waals surface area contributed by atoms with E-state index in [0.29, 0.717) is 17.0 Å². The van der Waals surface area contributed by atoms with Gasteiger partial charge in [0.25, 0.3) is 0 Å². The van der Waals surface area contributed by atoms with E-state index < -0.39 is 0 Å². The Morgan fingerprint density at radius 2 is 1.91 bits per heavy atom. The number of carbonyl (C=O) groups excluding carboxylic acids is 2. The average Bonchev–Trinajstić information content (AvgIpc) is 2.95. The van der Waals surface area contributed by atoms with Crippen LogP contribution in [-0.2, 0) is 4.74 Å². The minimum absolute atomic E-state index is 0.0247. The lowest BCUT2D eigenvalue weighted by molar-refractivity contribution is 0.0531. The summed E-state index contributed by atoms with van der Waals surface area (Å²) in [6.45, 7) is 9.64. The molecule has 4 nitrogen and oxygen atoms in total. The summed E-state index contributed by atoms with van der Waals surface area (Å²) in [4.78, 5) is 25.1. The predicted molar refractivity (Wildman–Crippen MR) is 93.0 cm³/mol. The Balaban J connectivity index is 2.52. The zero-order valence-corrected chi connectivity index (χ0v) is 14.8. The van der Waals surface area contributed by atoms with Crippen molar-refractivity contribution in [3.8, 4) is 0 Å². The number of carbonyl (C=O) groups is 2. The average molecular weight is 329 g/mol. The van der Waals surface area contributed by atoms with Crippen LogP contribution in [0.2, 0.25) is 0 Å². The summed E-state index contributed by atoms with van der Waals surface area (Å²) < 4.78 is 8.13. The molecule has 23 heavy (non-hydrogen) atoms. The van der Waals surface area contributed by atoms with E-state index >= 15 is 0 Å². The number of rotatable bonds is 3. The molecule has 3 aromatic heterocycles. The summed E-state index contributed by atoms with van der Waals surface area (Å²) in [6.07, 6.45) is 2.01. The molecular formula is C18H19NO3S. The highest BCUT2D eigenvalue weighted by Gasteiger charge is 2.26. The van der Waals surface area contributed by atoms with Crippen molar-refractivity contribution in [3.63, 3.8) is 0 Å². The van der Waals surface area contributed by atoms with Crippen LogP contribution in [0.15, 0.2) is 12.3 Å². The number of hydrogen-bond acceptors (Lipinski definition) is 4. The number of nitrogens with zero attached hydrogens (tertiary/aromatic N) is 1. The third kappa shape index (κ3) is 2.27. The molecule has 0 amide bonds. The molecule has 0 aliphatic carbocycles. The van der Waals surface area contributed by atoms with Gasteiger partial charge in [0.05, 0.1) is 27.2 Å². The molecule has 0 aliphatic rings. The number of ketones is 1. The van der Waals surface area contributed by atoms with Crippen LogP contribution in [0.4, 0.5) is 0 Å². The van der Waals surface area contributed by atoms with Crippen molar-refractivity contribution in [2.24, 2.45) is 0 Å². The first kappa shape index (κ1) is 15.7. The summed E-state index contributed by atoms with van der Waals surface area (Å²) in [5.41, 5.74) is 5.43. The molecule has 0 aliphatic heterocycles. The van der Waals surface area contributed by atoms with Gasteiger partial charge in [-0.1, -0.05) is 6.07 Å². The van der Waals surface area contributed by atoms with Crippen molar-refractivity contribution in [1.29, 1.82) is 0 Å². The number of ether oxygens (including phenoxy) is 1. The number of aryl methyl sites for hydroxylation is 3. The Hall–Kier alpha value is -2.14. The largest absolute Gasteiger partial charge is 0.462 e. The Kier molecular flexibility index (Phi) is 3.76. The van der Waals surface area contributed by atoms with E-state index in [0.717, 1.165) is 32.4 Å². The molecule has 5 heteroatoms. The Labute approximate surface area is 138 Å². The third-order valence-electron chi connectivity index (χ3n) is 4.01. The molecule has 0 bridgehead atoms. The fourth-order valence-corrected chi connectivity index (χ4v) is 4.43. The fraction of sp³-hybridized carbons (Fsp3) is 0.333. The summed E-state index contributed by atoms with van der Waals surface area (Å²) in [6, 6.07) is 2.06. The normalized spacial score (nSPS) is 11.3. The lowest BCUT2D eigenvalue weighted by atomic mass is 10.1. The molecule has 0 fully saturated rings. The van der Waals surface area contributed by atoms with Gasteiger partial charge in [-0.25, -0.2) is 4.79 Å². The molecule has 0 atom stereocenters. The minimum atomic E-state index is -0.330. The Morgan fingerprint density at radius 3 is 2.52 bits per heavy atom. The molecule has 0 saturated heterocycles. The summed E-state index contributed by atoms with van der Waals surface area (Å²) in [5.74, 6) is -0.306. The molecule has 0 unspecified atom stereocenters. The first-order chi connectivity index (χ1) is 10.9. The number of pyridine rings is 1. The van der Waals surface area contributed by atoms with Crippen LogP contribution in [0.25, 0.3) is 15.7 Å². The van der Waals surface area contributed by atoms with Crippen molar-refractivity contribution in [2.75, 3.05) is 6.61 Å². The molecule has 0 aromatic carbocycles. The lowest BCUT2D eigenvalue weighted by Gasteiger charge is -2.07. The standard InChI is InChI=1S/C18H19NO3S/c1-6-22-18(21)13-14-10(3)7-9(2)8-19(14)15-11(4)16(12(5)20)23-17(13)15/h7-8H,6H2,1-5H3. The molecular weight excluding hydrogens is 310 g/mol. The second kappa shape index (κ2) is 5.49. The molecule has 0 saturated carbocycles. The van der Waals surface area contributed by atoms with Crippen LogP contribution in [0.1, 0.15) is 50.6 Å². The van der Waals surface area contributed by atoms with Crippen molar-refractivity contribution in [1.82, 2.24) is 4.40 Å². The maximum Gasteiger partial charge on any atom is 0.341 e. The van der Waals surface area contributed by atoms with Crippen LogP contribution in [-0.4, -0.2) is 22.8 Å². The summed E-state index contributed by atoms with van der Waals surface area (Å²) >= 11 is 1.38. The second-order valence-electron chi connectivity index (χ2n) is 5.80. The van der Waals surface area contributed by atoms with Crippen LogP contribution in [0.5, 0.6) is 0 Å². The van der Waals surface area contributed by atoms with Gasteiger partial charge in [-0.3, -0.25) is 4.79 Å². The van der Waals surface area contributed by atoms with Crippen molar-refractivity contribution < 1.29 is 14.3 Å². The summed E-state index contributed by atoms with van der Waals surface area (Å²) in [5, 5.41) is 0. The Morgan fingerprint density at radius 1 is 1.22 bits per heavy atom. The number of Topliss-reactive ketones (excluding diaryl/α,β-unsaturated/α-hetero) is 1. The van der Waals surface area contributed by atoms with E-state index in [4.69, 9.17) is 4.74 Å². The Bertz CT molecular complexity index is 962. The maximum atomic E-state index is 12.5. The lowest BCUT2D eigenvalue weighted by Crippen LogP contribution is -2.05. The van der Waals surface area contributed by atoms with Gasteiger partial charge < -0.3 is 9.14 Å². The zero-order chi connectivity index (χ0) is 16.9. The van der Waals surface area contributed by atoms with Crippen LogP contribution in [0.3, 0.4) is 0 Å². The van der Waals surface area contributed by atoms with Gasteiger partial charge >= 0.3 is 5.97 Å². The number of thiophene rings is 1. The van der Waals surface area contributed by atoms with Gasteiger partial charge in [0.15, 0.2) is 5.78 Å². The minimum Gasteiger partial charge on any atom is -0.462 e. The number of esters is 1. The molecule has 0 radical (unpaired) electrons. The maximum absolute atomic E-state index is 12.5. The van der Waals surface area contributed by atoms with Crippen molar-refractivity contribution in [2.45, 2.75) is 34.6 Å². The highest BCUT2D eigenvalue weighted by Crippen LogP contribution is 2.39. The molecule has 120 valence electrons. The van der Waals surface area contributed by atoms with Crippen LogP contribution < -0.4 is 0 Å². The van der Waals surface area contributed by atoms with Gasteiger partial charge in [-0.05, 0) is 51.3 Å². The van der Waals surface area contributed by atoms with E-state index in [1.807, 2.05) is 31.4 Å². The van der Waals surface area contributed by atoms with Gasteiger partial charge in [-0.15, -0.1) is 11.3 Å². The fourth-order valence-electron chi connectivity index (χ4n) is 3.20. The van der Waals surface area contributed by atoms with Gasteiger partial charge in [0, 0.05) is 6.20 Å². The van der Waals surface area contributed by atoms with E-state index in [1.54, 1.807) is 13.8 Å². The zero-order valence-electron chi connectivity index (χ0n) is 13.9. The van der Waals surface area contributed by atoms with Crippen molar-refractivity contribution >= 4 is 38.8 Å². The monoisotopic (exact) mass is 329 g/mol. The first-order valence-corrected chi connectivity index (χ1v) is 8.40. The molecule has 0 spiro atoms. The van der Waals surface area contributed by atoms with E-state index in [2.05, 4.69) is 6.07 Å². The predicted octanol–water partition coefficient (Wildman–Crippen LogP) is 4.46. The van der Waals surface area contributed by atoms with Crippen molar-refractivity contribution in [3.05, 3.63) is 39.4 Å². The van der Waals surface area contributed by atoms with Gasteiger partial charge in [0.1, 0.15) is 5.56 Å². The first-order valence-electron chi connectivity index (χ1n) is 7.59. The SMILES string of the molecule is CCOC(=O)c1c2sc(C(C)=O)c(C)c2n2cc(C)cc(C)c12. The topological polar surface area (TPSA) is 47.8 Å². The van der Waals surface area contributed by atoms with E-state index in [9.17, 15) is 9.59 Å². The smallest absolute Gasteiger partial charge is 0.341 e. The van der Waals surface area contributed by atoms with Crippen LogP contribution >= 0.6 is 11.3 Å². The molecule has 3 heterocycles.